The Balaban J connectivity index is 1.90. The average Bonchev–Trinajstić information content (AvgIpc) is 2.63. The molecule has 74 valence electrons. The van der Waals surface area contributed by atoms with Crippen molar-refractivity contribution in [2.24, 2.45) is 0 Å². The van der Waals surface area contributed by atoms with Gasteiger partial charge < -0.3 is 4.74 Å². The van der Waals surface area contributed by atoms with Crippen molar-refractivity contribution in [1.82, 2.24) is 0 Å². The van der Waals surface area contributed by atoms with Crippen LogP contribution in [-0.2, 0) is 11.3 Å². The van der Waals surface area contributed by atoms with Crippen molar-refractivity contribution in [3.8, 4) is 0 Å². The lowest BCUT2D eigenvalue weighted by Crippen LogP contribution is -1.94. The third-order valence-corrected chi connectivity index (χ3v) is 2.72. The molecular weight excluding hydrogens is 180 g/mol. The van der Waals surface area contributed by atoms with Gasteiger partial charge in [0.25, 0.3) is 0 Å². The van der Waals surface area contributed by atoms with Crippen molar-refractivity contribution in [3.63, 3.8) is 0 Å². The summed E-state index contributed by atoms with van der Waals surface area (Å²) in [6.07, 6.45) is 5.14. The monoisotopic (exact) mass is 198 g/mol. The minimum Gasteiger partial charge on any atom is -0.377 e. The second-order valence-corrected chi connectivity index (χ2v) is 4.02. The van der Waals surface area contributed by atoms with Crippen LogP contribution >= 0.6 is 11.3 Å². The summed E-state index contributed by atoms with van der Waals surface area (Å²) in [6.45, 7) is 3.93. The van der Waals surface area contributed by atoms with E-state index in [1.54, 1.807) is 11.3 Å². The Bertz CT molecular complexity index is 194. The summed E-state index contributed by atoms with van der Waals surface area (Å²) in [6, 6.07) is 2.12. The SMILES string of the molecule is CCCCCCOCc1ccsc1. The number of unbranched alkanes of at least 4 members (excludes halogenated alkanes) is 3. The van der Waals surface area contributed by atoms with Crippen LogP contribution in [0.25, 0.3) is 0 Å². The predicted octanol–water partition coefficient (Wildman–Crippen LogP) is 3.85. The maximum atomic E-state index is 5.53. The van der Waals surface area contributed by atoms with Gasteiger partial charge in [-0.3, -0.25) is 0 Å². The molecule has 0 aliphatic carbocycles. The number of rotatable bonds is 7. The summed E-state index contributed by atoms with van der Waals surface area (Å²) in [5.41, 5.74) is 1.31. The lowest BCUT2D eigenvalue weighted by atomic mass is 10.2. The summed E-state index contributed by atoms with van der Waals surface area (Å²) in [5.74, 6) is 0. The number of hydrogen-bond acceptors (Lipinski definition) is 2. The zero-order valence-corrected chi connectivity index (χ0v) is 9.11. The maximum Gasteiger partial charge on any atom is 0.0724 e. The van der Waals surface area contributed by atoms with Crippen LogP contribution in [0.15, 0.2) is 16.8 Å². The first-order valence-electron chi connectivity index (χ1n) is 5.02. The maximum absolute atomic E-state index is 5.53. The highest BCUT2D eigenvalue weighted by molar-refractivity contribution is 7.07. The predicted molar refractivity (Wildman–Crippen MR) is 58.1 cm³/mol. The molecule has 0 bridgehead atoms. The second-order valence-electron chi connectivity index (χ2n) is 3.24. The van der Waals surface area contributed by atoms with Gasteiger partial charge in [-0.1, -0.05) is 26.2 Å². The van der Waals surface area contributed by atoms with Crippen LogP contribution in [0.1, 0.15) is 38.2 Å². The van der Waals surface area contributed by atoms with Crippen molar-refractivity contribution in [3.05, 3.63) is 22.4 Å². The van der Waals surface area contributed by atoms with Crippen LogP contribution in [0, 0.1) is 0 Å². The van der Waals surface area contributed by atoms with Crippen LogP contribution in [0.3, 0.4) is 0 Å². The minimum atomic E-state index is 0.787. The molecule has 1 rings (SSSR count). The van der Waals surface area contributed by atoms with Gasteiger partial charge in [0.15, 0.2) is 0 Å². The molecule has 0 atom stereocenters. The second kappa shape index (κ2) is 7.10. The van der Waals surface area contributed by atoms with E-state index in [1.807, 2.05) is 0 Å². The standard InChI is InChI=1S/C11H18OS/c1-2-3-4-5-7-12-9-11-6-8-13-10-11/h6,8,10H,2-5,7,9H2,1H3. The van der Waals surface area contributed by atoms with E-state index in [0.717, 1.165) is 13.2 Å². The molecule has 0 aromatic carbocycles. The van der Waals surface area contributed by atoms with Crippen LogP contribution < -0.4 is 0 Å². The quantitative estimate of drug-likeness (QED) is 0.605. The molecule has 0 saturated heterocycles. The lowest BCUT2D eigenvalue weighted by Gasteiger charge is -2.01. The third-order valence-electron chi connectivity index (χ3n) is 1.99. The van der Waals surface area contributed by atoms with Crippen LogP contribution in [0.5, 0.6) is 0 Å². The molecule has 0 saturated carbocycles. The molecule has 1 aromatic heterocycles. The zero-order valence-electron chi connectivity index (χ0n) is 8.29. The highest BCUT2D eigenvalue weighted by Crippen LogP contribution is 2.07. The molecule has 0 fully saturated rings. The van der Waals surface area contributed by atoms with E-state index < -0.39 is 0 Å². The Kier molecular flexibility index (Phi) is 5.87. The van der Waals surface area contributed by atoms with Crippen molar-refractivity contribution < 1.29 is 4.74 Å². The highest BCUT2D eigenvalue weighted by Gasteiger charge is 1.92. The van der Waals surface area contributed by atoms with E-state index in [4.69, 9.17) is 4.74 Å². The van der Waals surface area contributed by atoms with Crippen LogP contribution in [0.2, 0.25) is 0 Å². The van der Waals surface area contributed by atoms with Gasteiger partial charge in [0.1, 0.15) is 0 Å². The van der Waals surface area contributed by atoms with Gasteiger partial charge in [-0.25, -0.2) is 0 Å². The fourth-order valence-electron chi connectivity index (χ4n) is 1.20. The Morgan fingerprint density at radius 3 is 2.92 bits per heavy atom. The Labute approximate surface area is 84.7 Å². The van der Waals surface area contributed by atoms with Gasteiger partial charge in [-0.2, -0.15) is 11.3 Å². The molecule has 1 aromatic rings. The fourth-order valence-corrected chi connectivity index (χ4v) is 1.85. The van der Waals surface area contributed by atoms with E-state index in [2.05, 4.69) is 23.8 Å². The molecular formula is C11H18OS. The van der Waals surface area contributed by atoms with Crippen LogP contribution in [-0.4, -0.2) is 6.61 Å². The minimum absolute atomic E-state index is 0.787. The Hall–Kier alpha value is -0.340. The number of hydrogen-bond donors (Lipinski definition) is 0. The topological polar surface area (TPSA) is 9.23 Å². The molecule has 0 aliphatic heterocycles. The third kappa shape index (κ3) is 5.06. The van der Waals surface area contributed by atoms with E-state index >= 15 is 0 Å². The Morgan fingerprint density at radius 2 is 2.23 bits per heavy atom. The van der Waals surface area contributed by atoms with E-state index in [9.17, 15) is 0 Å². The normalized spacial score (nSPS) is 10.5. The molecule has 0 N–H and O–H groups in total. The van der Waals surface area contributed by atoms with Crippen molar-refractivity contribution in [2.45, 2.75) is 39.2 Å². The van der Waals surface area contributed by atoms with Gasteiger partial charge in [0.2, 0.25) is 0 Å². The van der Waals surface area contributed by atoms with E-state index in [1.165, 1.54) is 31.2 Å². The lowest BCUT2D eigenvalue weighted by molar-refractivity contribution is 0.117. The largest absolute Gasteiger partial charge is 0.377 e. The average molecular weight is 198 g/mol. The molecule has 1 heterocycles. The van der Waals surface area contributed by atoms with Gasteiger partial charge in [-0.15, -0.1) is 0 Å². The van der Waals surface area contributed by atoms with E-state index in [0.29, 0.717) is 0 Å². The molecule has 13 heavy (non-hydrogen) atoms. The molecule has 1 nitrogen and oxygen atoms in total. The number of thiophene rings is 1. The molecule has 0 amide bonds. The smallest absolute Gasteiger partial charge is 0.0724 e. The van der Waals surface area contributed by atoms with Crippen molar-refractivity contribution in [2.75, 3.05) is 6.61 Å². The van der Waals surface area contributed by atoms with Gasteiger partial charge >= 0.3 is 0 Å². The summed E-state index contributed by atoms with van der Waals surface area (Å²) < 4.78 is 5.53. The van der Waals surface area contributed by atoms with Crippen LogP contribution in [0.4, 0.5) is 0 Å². The molecule has 0 spiro atoms. The van der Waals surface area contributed by atoms with Gasteiger partial charge in [0.05, 0.1) is 6.61 Å². The number of ether oxygens (including phenoxy) is 1. The van der Waals surface area contributed by atoms with Crippen molar-refractivity contribution >= 4 is 11.3 Å². The molecule has 2 heteroatoms. The fraction of sp³-hybridized carbons (Fsp3) is 0.636. The summed E-state index contributed by atoms with van der Waals surface area (Å²) in [5, 5.41) is 4.24. The molecule has 0 aliphatic rings. The molecule has 0 unspecified atom stereocenters. The van der Waals surface area contributed by atoms with Gasteiger partial charge in [-0.05, 0) is 28.8 Å². The summed E-state index contributed by atoms with van der Waals surface area (Å²) >= 11 is 1.73. The first-order valence-corrected chi connectivity index (χ1v) is 5.96. The molecule has 0 radical (unpaired) electrons. The summed E-state index contributed by atoms with van der Waals surface area (Å²) in [7, 11) is 0. The first-order chi connectivity index (χ1) is 6.43. The first kappa shape index (κ1) is 10.7. The van der Waals surface area contributed by atoms with Gasteiger partial charge in [0, 0.05) is 6.61 Å². The Morgan fingerprint density at radius 1 is 1.31 bits per heavy atom. The summed E-state index contributed by atoms with van der Waals surface area (Å²) in [4.78, 5) is 0. The van der Waals surface area contributed by atoms with Crippen molar-refractivity contribution in [1.29, 1.82) is 0 Å². The highest BCUT2D eigenvalue weighted by atomic mass is 32.1. The van der Waals surface area contributed by atoms with E-state index in [-0.39, 0.29) is 0 Å². The zero-order chi connectivity index (χ0) is 9.36.